The summed E-state index contributed by atoms with van der Waals surface area (Å²) in [5.74, 6) is 0.724. The highest BCUT2D eigenvalue weighted by Gasteiger charge is 2.35. The van der Waals surface area contributed by atoms with Crippen molar-refractivity contribution in [1.29, 1.82) is 0 Å². The van der Waals surface area contributed by atoms with Crippen LogP contribution >= 0.6 is 11.3 Å². The molecule has 0 atom stereocenters. The quantitative estimate of drug-likeness (QED) is 0.701. The van der Waals surface area contributed by atoms with Gasteiger partial charge >= 0.3 is 0 Å². The average Bonchev–Trinajstić information content (AvgIpc) is 3.19. The van der Waals surface area contributed by atoms with E-state index in [1.165, 1.54) is 11.3 Å². The number of carbonyl (C=O) groups is 1. The molecular formula is C22H25N3O3S. The fraction of sp³-hybridized carbons (Fsp3) is 0.409. The second-order valence-electron chi connectivity index (χ2n) is 7.78. The number of nitrogens with zero attached hydrogens (tertiary/aromatic N) is 3. The Morgan fingerprint density at radius 3 is 2.66 bits per heavy atom. The Hall–Kier alpha value is -2.51. The topological polar surface area (TPSA) is 75.4 Å². The molecule has 0 aliphatic carbocycles. The lowest BCUT2D eigenvalue weighted by molar-refractivity contribution is -0.135. The molecule has 1 saturated heterocycles. The summed E-state index contributed by atoms with van der Waals surface area (Å²) in [5.41, 5.74) is 0.759. The Labute approximate surface area is 173 Å². The van der Waals surface area contributed by atoms with E-state index in [1.807, 2.05) is 46.7 Å². The van der Waals surface area contributed by atoms with Gasteiger partial charge in [0.1, 0.15) is 10.5 Å². The molecule has 1 aromatic carbocycles. The van der Waals surface area contributed by atoms with E-state index in [1.54, 1.807) is 11.5 Å². The van der Waals surface area contributed by atoms with E-state index in [0.717, 1.165) is 12.0 Å². The molecule has 4 rings (SSSR count). The molecule has 1 amide bonds. The van der Waals surface area contributed by atoms with Crippen LogP contribution in [-0.4, -0.2) is 44.2 Å². The van der Waals surface area contributed by atoms with E-state index in [4.69, 9.17) is 0 Å². The van der Waals surface area contributed by atoms with E-state index >= 15 is 0 Å². The summed E-state index contributed by atoms with van der Waals surface area (Å²) >= 11 is 1.38. The van der Waals surface area contributed by atoms with Crippen LogP contribution < -0.4 is 5.56 Å². The zero-order valence-electron chi connectivity index (χ0n) is 16.5. The van der Waals surface area contributed by atoms with Crippen molar-refractivity contribution in [1.82, 2.24) is 14.5 Å². The lowest BCUT2D eigenvalue weighted by Crippen LogP contribution is -2.50. The molecule has 0 spiro atoms. The largest absolute Gasteiger partial charge is 0.388 e. The maximum absolute atomic E-state index is 12.8. The maximum Gasteiger partial charge on any atom is 0.271 e. The van der Waals surface area contributed by atoms with Gasteiger partial charge in [-0.3, -0.25) is 14.2 Å². The number of rotatable bonds is 5. The Morgan fingerprint density at radius 1 is 1.21 bits per heavy atom. The SMILES string of the molecule is Cc1nc2ccsc2c(=O)n1CC1(O)CCN(C(=O)CCc2ccccc2)CC1. The van der Waals surface area contributed by atoms with Crippen LogP contribution in [0.5, 0.6) is 0 Å². The summed E-state index contributed by atoms with van der Waals surface area (Å²) in [6.45, 7) is 3.02. The maximum atomic E-state index is 12.8. The van der Waals surface area contributed by atoms with Crippen LogP contribution in [0.3, 0.4) is 0 Å². The first-order valence-electron chi connectivity index (χ1n) is 9.94. The molecule has 0 radical (unpaired) electrons. The van der Waals surface area contributed by atoms with Gasteiger partial charge in [-0.05, 0) is 43.2 Å². The number of fused-ring (bicyclic) bond motifs is 1. The van der Waals surface area contributed by atoms with Crippen molar-refractivity contribution in [2.45, 2.75) is 44.8 Å². The number of piperidine rings is 1. The number of aryl methyl sites for hydroxylation is 2. The lowest BCUT2D eigenvalue weighted by atomic mass is 9.91. The summed E-state index contributed by atoms with van der Waals surface area (Å²) in [5, 5.41) is 12.9. The van der Waals surface area contributed by atoms with Gasteiger partial charge in [0.2, 0.25) is 5.91 Å². The third-order valence-corrected chi connectivity index (χ3v) is 6.62. The predicted octanol–water partition coefficient (Wildman–Crippen LogP) is 2.75. The number of aliphatic hydroxyl groups is 1. The monoisotopic (exact) mass is 411 g/mol. The minimum Gasteiger partial charge on any atom is -0.388 e. The van der Waals surface area contributed by atoms with E-state index in [-0.39, 0.29) is 18.0 Å². The van der Waals surface area contributed by atoms with Gasteiger partial charge in [-0.25, -0.2) is 4.98 Å². The number of hydrogen-bond donors (Lipinski definition) is 1. The van der Waals surface area contributed by atoms with Crippen molar-refractivity contribution < 1.29 is 9.90 Å². The summed E-state index contributed by atoms with van der Waals surface area (Å²) in [4.78, 5) is 31.6. The van der Waals surface area contributed by atoms with E-state index in [9.17, 15) is 14.7 Å². The van der Waals surface area contributed by atoms with Crippen LogP contribution in [0.1, 0.15) is 30.7 Å². The molecular weight excluding hydrogens is 386 g/mol. The van der Waals surface area contributed by atoms with Crippen LogP contribution in [0.25, 0.3) is 10.2 Å². The summed E-state index contributed by atoms with van der Waals surface area (Å²) in [6, 6.07) is 11.8. The molecule has 1 N–H and O–H groups in total. The predicted molar refractivity (Wildman–Crippen MR) is 114 cm³/mol. The Morgan fingerprint density at radius 2 is 1.93 bits per heavy atom. The van der Waals surface area contributed by atoms with Gasteiger partial charge in [-0.1, -0.05) is 30.3 Å². The highest BCUT2D eigenvalue weighted by molar-refractivity contribution is 7.17. The summed E-state index contributed by atoms with van der Waals surface area (Å²) in [6.07, 6.45) is 2.11. The number of thiophene rings is 1. The van der Waals surface area contributed by atoms with Gasteiger partial charge in [0.15, 0.2) is 0 Å². The molecule has 3 aromatic rings. The van der Waals surface area contributed by atoms with E-state index < -0.39 is 5.60 Å². The fourth-order valence-corrected chi connectivity index (χ4v) is 4.70. The molecule has 152 valence electrons. The smallest absolute Gasteiger partial charge is 0.271 e. The highest BCUT2D eigenvalue weighted by Crippen LogP contribution is 2.25. The molecule has 1 fully saturated rings. The highest BCUT2D eigenvalue weighted by atomic mass is 32.1. The minimum absolute atomic E-state index is 0.0997. The number of benzene rings is 1. The van der Waals surface area contributed by atoms with Crippen molar-refractivity contribution in [2.24, 2.45) is 0 Å². The fourth-order valence-electron chi connectivity index (χ4n) is 3.92. The van der Waals surface area contributed by atoms with E-state index in [2.05, 4.69) is 4.98 Å². The van der Waals surface area contributed by atoms with Crippen molar-refractivity contribution >= 4 is 27.5 Å². The third kappa shape index (κ3) is 4.26. The van der Waals surface area contributed by atoms with Gasteiger partial charge in [-0.2, -0.15) is 0 Å². The number of hydrogen-bond acceptors (Lipinski definition) is 5. The summed E-state index contributed by atoms with van der Waals surface area (Å²) < 4.78 is 2.19. The van der Waals surface area contributed by atoms with Crippen molar-refractivity contribution in [3.05, 3.63) is 63.5 Å². The molecule has 0 unspecified atom stereocenters. The molecule has 0 saturated carbocycles. The molecule has 3 heterocycles. The molecule has 6 nitrogen and oxygen atoms in total. The number of carbonyl (C=O) groups excluding carboxylic acids is 1. The Balaban J connectivity index is 1.38. The van der Waals surface area contributed by atoms with Crippen LogP contribution in [0.2, 0.25) is 0 Å². The van der Waals surface area contributed by atoms with Crippen molar-refractivity contribution in [2.75, 3.05) is 13.1 Å². The number of amides is 1. The Kier molecular flexibility index (Phi) is 5.52. The first-order valence-corrected chi connectivity index (χ1v) is 10.8. The van der Waals surface area contributed by atoms with Crippen LogP contribution in [0.15, 0.2) is 46.6 Å². The average molecular weight is 412 g/mol. The minimum atomic E-state index is -1.00. The van der Waals surface area contributed by atoms with Gasteiger partial charge in [-0.15, -0.1) is 11.3 Å². The Bertz CT molecular complexity index is 1070. The second-order valence-corrected chi connectivity index (χ2v) is 8.69. The molecule has 1 aliphatic rings. The van der Waals surface area contributed by atoms with E-state index in [0.29, 0.717) is 48.4 Å². The zero-order chi connectivity index (χ0) is 20.4. The zero-order valence-corrected chi connectivity index (χ0v) is 17.3. The van der Waals surface area contributed by atoms with Gasteiger partial charge in [0.25, 0.3) is 5.56 Å². The van der Waals surface area contributed by atoms with Gasteiger partial charge < -0.3 is 10.0 Å². The van der Waals surface area contributed by atoms with Crippen molar-refractivity contribution in [3.63, 3.8) is 0 Å². The molecule has 2 aromatic heterocycles. The molecule has 1 aliphatic heterocycles. The lowest BCUT2D eigenvalue weighted by Gasteiger charge is -2.38. The molecule has 0 bridgehead atoms. The molecule has 7 heteroatoms. The molecule has 29 heavy (non-hydrogen) atoms. The normalized spacial score (nSPS) is 16.3. The van der Waals surface area contributed by atoms with Gasteiger partial charge in [0, 0.05) is 19.5 Å². The first kappa shape index (κ1) is 19.8. The standard InChI is InChI=1S/C22H25N3O3S/c1-16-23-18-9-14-29-20(18)21(27)25(16)15-22(28)10-12-24(13-11-22)19(26)8-7-17-5-3-2-4-6-17/h2-6,9,14,28H,7-8,10-13,15H2,1H3. The third-order valence-electron chi connectivity index (χ3n) is 5.73. The second kappa shape index (κ2) is 8.08. The number of aromatic nitrogens is 2. The van der Waals surface area contributed by atoms with Crippen molar-refractivity contribution in [3.8, 4) is 0 Å². The summed E-state index contributed by atoms with van der Waals surface area (Å²) in [7, 11) is 0. The first-order chi connectivity index (χ1) is 14.0. The van der Waals surface area contributed by atoms with Crippen LogP contribution in [-0.2, 0) is 17.8 Å². The van der Waals surface area contributed by atoms with Crippen LogP contribution in [0, 0.1) is 6.92 Å². The number of likely N-dealkylation sites (tertiary alicyclic amines) is 1. The van der Waals surface area contributed by atoms with Gasteiger partial charge in [0.05, 0.1) is 17.7 Å². The van der Waals surface area contributed by atoms with Crippen LogP contribution in [0.4, 0.5) is 0 Å².